The molecule has 1 N–H and O–H groups in total. The standard InChI is InChI=1S/C16H20N2O3/c1-3-10(2)18-15(19)8-12(16(18)20)17-13-9-21-14-7-5-4-6-11(13)14/h4-7,10,12-13,17H,3,8-9H2,1-2H3. The molecule has 1 aromatic carbocycles. The van der Waals surface area contributed by atoms with E-state index in [0.717, 1.165) is 17.7 Å². The molecule has 0 spiro atoms. The summed E-state index contributed by atoms with van der Waals surface area (Å²) in [5.74, 6) is 0.656. The van der Waals surface area contributed by atoms with E-state index in [0.29, 0.717) is 6.61 Å². The highest BCUT2D eigenvalue weighted by atomic mass is 16.5. The predicted molar refractivity (Wildman–Crippen MR) is 77.8 cm³/mol. The van der Waals surface area contributed by atoms with Crippen LogP contribution in [0.5, 0.6) is 5.75 Å². The monoisotopic (exact) mass is 288 g/mol. The average molecular weight is 288 g/mol. The van der Waals surface area contributed by atoms with Crippen LogP contribution in [0.2, 0.25) is 0 Å². The highest BCUT2D eigenvalue weighted by molar-refractivity contribution is 6.05. The molecule has 3 unspecified atom stereocenters. The fraction of sp³-hybridized carbons (Fsp3) is 0.500. The van der Waals surface area contributed by atoms with Gasteiger partial charge in [-0.3, -0.25) is 19.8 Å². The van der Waals surface area contributed by atoms with E-state index in [4.69, 9.17) is 4.74 Å². The molecular weight excluding hydrogens is 268 g/mol. The van der Waals surface area contributed by atoms with Crippen molar-refractivity contribution in [3.8, 4) is 5.75 Å². The van der Waals surface area contributed by atoms with E-state index in [1.54, 1.807) is 0 Å². The Morgan fingerprint density at radius 1 is 1.33 bits per heavy atom. The summed E-state index contributed by atoms with van der Waals surface area (Å²) < 4.78 is 5.61. The Labute approximate surface area is 124 Å². The molecule has 0 saturated carbocycles. The Morgan fingerprint density at radius 2 is 2.10 bits per heavy atom. The van der Waals surface area contributed by atoms with Crippen LogP contribution in [0, 0.1) is 0 Å². The lowest BCUT2D eigenvalue weighted by Gasteiger charge is -2.22. The van der Waals surface area contributed by atoms with Crippen molar-refractivity contribution in [1.29, 1.82) is 0 Å². The molecule has 5 heteroatoms. The molecule has 112 valence electrons. The third kappa shape index (κ3) is 2.42. The number of imide groups is 1. The maximum Gasteiger partial charge on any atom is 0.247 e. The molecule has 21 heavy (non-hydrogen) atoms. The highest BCUT2D eigenvalue weighted by Crippen LogP contribution is 2.33. The smallest absolute Gasteiger partial charge is 0.247 e. The van der Waals surface area contributed by atoms with Crippen molar-refractivity contribution in [3.63, 3.8) is 0 Å². The summed E-state index contributed by atoms with van der Waals surface area (Å²) in [6.45, 7) is 4.39. The number of likely N-dealkylation sites (tertiary alicyclic amines) is 1. The Morgan fingerprint density at radius 3 is 2.86 bits per heavy atom. The van der Waals surface area contributed by atoms with Gasteiger partial charge in [-0.25, -0.2) is 0 Å². The van der Waals surface area contributed by atoms with E-state index in [9.17, 15) is 9.59 Å². The number of nitrogens with one attached hydrogen (secondary N) is 1. The van der Waals surface area contributed by atoms with Gasteiger partial charge < -0.3 is 4.74 Å². The lowest BCUT2D eigenvalue weighted by atomic mass is 10.1. The van der Waals surface area contributed by atoms with E-state index >= 15 is 0 Å². The van der Waals surface area contributed by atoms with Gasteiger partial charge in [0.1, 0.15) is 12.4 Å². The van der Waals surface area contributed by atoms with E-state index in [1.807, 2.05) is 38.1 Å². The van der Waals surface area contributed by atoms with Crippen LogP contribution in [0.3, 0.4) is 0 Å². The third-order valence-electron chi connectivity index (χ3n) is 4.32. The maximum atomic E-state index is 12.4. The van der Waals surface area contributed by atoms with E-state index in [1.165, 1.54) is 4.90 Å². The first kappa shape index (κ1) is 14.1. The first-order valence-corrected chi connectivity index (χ1v) is 7.45. The fourth-order valence-electron chi connectivity index (χ4n) is 2.97. The van der Waals surface area contributed by atoms with E-state index < -0.39 is 6.04 Å². The van der Waals surface area contributed by atoms with Crippen LogP contribution in [-0.4, -0.2) is 35.4 Å². The highest BCUT2D eigenvalue weighted by Gasteiger charge is 2.42. The molecule has 2 amide bonds. The second kappa shape index (κ2) is 5.48. The minimum atomic E-state index is -0.439. The summed E-state index contributed by atoms with van der Waals surface area (Å²) in [6.07, 6.45) is 1.02. The number of rotatable bonds is 4. The zero-order valence-electron chi connectivity index (χ0n) is 12.3. The van der Waals surface area contributed by atoms with Crippen LogP contribution in [-0.2, 0) is 9.59 Å². The Kier molecular flexibility index (Phi) is 3.68. The Hall–Kier alpha value is -1.88. The van der Waals surface area contributed by atoms with E-state index in [2.05, 4.69) is 5.32 Å². The molecule has 5 nitrogen and oxygen atoms in total. The van der Waals surface area contributed by atoms with Gasteiger partial charge >= 0.3 is 0 Å². The van der Waals surface area contributed by atoms with Gasteiger partial charge in [0.05, 0.1) is 18.5 Å². The molecule has 3 atom stereocenters. The van der Waals surface area contributed by atoms with Gasteiger partial charge in [0.25, 0.3) is 0 Å². The van der Waals surface area contributed by atoms with Crippen LogP contribution in [0.1, 0.15) is 38.3 Å². The number of hydrogen-bond donors (Lipinski definition) is 1. The number of hydrogen-bond acceptors (Lipinski definition) is 4. The Bertz CT molecular complexity index is 572. The molecule has 2 aliphatic heterocycles. The minimum absolute atomic E-state index is 0.0279. The first-order chi connectivity index (χ1) is 10.1. The summed E-state index contributed by atoms with van der Waals surface area (Å²) in [7, 11) is 0. The molecule has 1 saturated heterocycles. The summed E-state index contributed by atoms with van der Waals surface area (Å²) in [5.41, 5.74) is 1.06. The number of ether oxygens (including phenoxy) is 1. The molecule has 0 aliphatic carbocycles. The van der Waals surface area contributed by atoms with Gasteiger partial charge in [0, 0.05) is 11.6 Å². The van der Waals surface area contributed by atoms with Crippen LogP contribution in [0.15, 0.2) is 24.3 Å². The molecule has 3 rings (SSSR count). The van der Waals surface area contributed by atoms with Crippen molar-refractivity contribution in [2.45, 2.75) is 44.8 Å². The number of carbonyl (C=O) groups excluding carboxylic acids is 2. The van der Waals surface area contributed by atoms with Crippen molar-refractivity contribution in [3.05, 3.63) is 29.8 Å². The average Bonchev–Trinajstić information content (AvgIpc) is 3.01. The number of benzene rings is 1. The molecule has 1 fully saturated rings. The van der Waals surface area contributed by atoms with Gasteiger partial charge in [-0.15, -0.1) is 0 Å². The summed E-state index contributed by atoms with van der Waals surface area (Å²) in [5, 5.41) is 3.29. The fourth-order valence-corrected chi connectivity index (χ4v) is 2.97. The summed E-state index contributed by atoms with van der Waals surface area (Å²) in [4.78, 5) is 25.9. The normalized spacial score (nSPS) is 25.9. The third-order valence-corrected chi connectivity index (χ3v) is 4.32. The van der Waals surface area contributed by atoms with Crippen molar-refractivity contribution < 1.29 is 14.3 Å². The van der Waals surface area contributed by atoms with E-state index in [-0.39, 0.29) is 30.3 Å². The number of fused-ring (bicyclic) bond motifs is 1. The van der Waals surface area contributed by atoms with Crippen molar-refractivity contribution in [1.82, 2.24) is 10.2 Å². The molecule has 0 aromatic heterocycles. The van der Waals surface area contributed by atoms with Crippen molar-refractivity contribution in [2.24, 2.45) is 0 Å². The number of amides is 2. The lowest BCUT2D eigenvalue weighted by molar-refractivity contribution is -0.141. The minimum Gasteiger partial charge on any atom is -0.491 e. The molecule has 0 bridgehead atoms. The van der Waals surface area contributed by atoms with Crippen LogP contribution in [0.25, 0.3) is 0 Å². The van der Waals surface area contributed by atoms with Gasteiger partial charge in [-0.1, -0.05) is 25.1 Å². The molecular formula is C16H20N2O3. The van der Waals surface area contributed by atoms with Crippen LogP contribution in [0.4, 0.5) is 0 Å². The topological polar surface area (TPSA) is 58.6 Å². The zero-order chi connectivity index (χ0) is 15.0. The predicted octanol–water partition coefficient (Wildman–Crippen LogP) is 1.64. The van der Waals surface area contributed by atoms with Crippen molar-refractivity contribution in [2.75, 3.05) is 6.61 Å². The van der Waals surface area contributed by atoms with Crippen LogP contribution < -0.4 is 10.1 Å². The molecule has 2 heterocycles. The summed E-state index contributed by atoms with van der Waals surface area (Å²) in [6, 6.07) is 7.29. The largest absolute Gasteiger partial charge is 0.491 e. The second-order valence-electron chi connectivity index (χ2n) is 5.68. The number of carbonyl (C=O) groups is 2. The van der Waals surface area contributed by atoms with Crippen LogP contribution >= 0.6 is 0 Å². The second-order valence-corrected chi connectivity index (χ2v) is 5.68. The molecule has 1 aromatic rings. The maximum absolute atomic E-state index is 12.4. The van der Waals surface area contributed by atoms with Gasteiger partial charge in [-0.05, 0) is 19.4 Å². The lowest BCUT2D eigenvalue weighted by Crippen LogP contribution is -2.43. The van der Waals surface area contributed by atoms with Gasteiger partial charge in [0.15, 0.2) is 0 Å². The van der Waals surface area contributed by atoms with Gasteiger partial charge in [0.2, 0.25) is 11.8 Å². The van der Waals surface area contributed by atoms with Crippen molar-refractivity contribution >= 4 is 11.8 Å². The SMILES string of the molecule is CCC(C)N1C(=O)CC(NC2COc3ccccc32)C1=O. The number of nitrogens with zero attached hydrogens (tertiary/aromatic N) is 1. The number of para-hydroxylation sites is 1. The molecule has 0 radical (unpaired) electrons. The zero-order valence-corrected chi connectivity index (χ0v) is 12.3. The molecule has 2 aliphatic rings. The summed E-state index contributed by atoms with van der Waals surface area (Å²) >= 11 is 0. The van der Waals surface area contributed by atoms with Gasteiger partial charge in [-0.2, -0.15) is 0 Å². The first-order valence-electron chi connectivity index (χ1n) is 7.45. The quantitative estimate of drug-likeness (QED) is 0.856. The Balaban J connectivity index is 1.73.